The third-order valence-electron chi connectivity index (χ3n) is 4.01. The summed E-state index contributed by atoms with van der Waals surface area (Å²) in [5.74, 6) is -0.00370. The number of carbonyl (C=O) groups excluding carboxylic acids is 1. The molecule has 32 heavy (non-hydrogen) atoms. The van der Waals surface area contributed by atoms with Gasteiger partial charge >= 0.3 is 5.69 Å². The van der Waals surface area contributed by atoms with E-state index < -0.39 is 11.5 Å². The lowest BCUT2D eigenvalue weighted by Gasteiger charge is -2.08. The van der Waals surface area contributed by atoms with Crippen molar-refractivity contribution in [2.75, 3.05) is 7.05 Å². The van der Waals surface area contributed by atoms with E-state index in [1.165, 1.54) is 12.1 Å². The van der Waals surface area contributed by atoms with Gasteiger partial charge in [-0.3, -0.25) is 4.98 Å². The lowest BCUT2D eigenvalue weighted by atomic mass is 10.0. The van der Waals surface area contributed by atoms with Crippen molar-refractivity contribution < 1.29 is 9.18 Å². The molecule has 2 N–H and O–H groups in total. The number of H-pyrrole nitrogens is 1. The van der Waals surface area contributed by atoms with Crippen molar-refractivity contribution in [1.29, 1.82) is 0 Å². The number of aryl methyl sites for hydroxylation is 1. The SMILES string of the molecule is CC.CC(C)(C)C=O.CNCc1cc(-n2nc(-c3ccc(C)cc3)[nH]c2=O)c(Cl)cc1F. The van der Waals surface area contributed by atoms with Crippen LogP contribution in [0.3, 0.4) is 0 Å². The normalized spacial score (nSPS) is 10.5. The first-order valence-corrected chi connectivity index (χ1v) is 10.8. The summed E-state index contributed by atoms with van der Waals surface area (Å²) in [4.78, 5) is 24.8. The minimum Gasteiger partial charge on any atom is -0.316 e. The number of rotatable bonds is 4. The molecule has 3 aromatic rings. The maximum atomic E-state index is 13.9. The second-order valence-corrected chi connectivity index (χ2v) is 8.37. The Balaban J connectivity index is 0.000000556. The first-order valence-electron chi connectivity index (χ1n) is 10.4. The van der Waals surface area contributed by atoms with E-state index in [1.807, 2.05) is 65.8 Å². The predicted molar refractivity (Wildman–Crippen MR) is 129 cm³/mol. The summed E-state index contributed by atoms with van der Waals surface area (Å²) >= 11 is 6.11. The van der Waals surface area contributed by atoms with Gasteiger partial charge in [0.25, 0.3) is 0 Å². The second kappa shape index (κ2) is 12.3. The van der Waals surface area contributed by atoms with Crippen LogP contribution in [-0.2, 0) is 11.3 Å². The van der Waals surface area contributed by atoms with E-state index in [0.717, 1.165) is 22.1 Å². The molecule has 0 atom stereocenters. The Labute approximate surface area is 193 Å². The van der Waals surface area contributed by atoms with Gasteiger partial charge in [0, 0.05) is 23.1 Å². The van der Waals surface area contributed by atoms with Gasteiger partial charge in [-0.25, -0.2) is 9.18 Å². The van der Waals surface area contributed by atoms with Gasteiger partial charge in [0.2, 0.25) is 0 Å². The molecule has 0 spiro atoms. The Hall–Kier alpha value is -2.77. The molecule has 0 radical (unpaired) electrons. The minimum absolute atomic E-state index is 0.122. The molecule has 0 aliphatic heterocycles. The fourth-order valence-corrected chi connectivity index (χ4v) is 2.63. The van der Waals surface area contributed by atoms with Crippen LogP contribution >= 0.6 is 11.6 Å². The molecule has 2 aromatic carbocycles. The van der Waals surface area contributed by atoms with Gasteiger partial charge in [0.15, 0.2) is 5.82 Å². The van der Waals surface area contributed by atoms with Gasteiger partial charge in [-0.2, -0.15) is 4.68 Å². The summed E-state index contributed by atoms with van der Waals surface area (Å²) in [6.45, 7) is 11.9. The number of aldehydes is 1. The molecule has 0 fully saturated rings. The molecule has 6 nitrogen and oxygen atoms in total. The first kappa shape index (κ1) is 27.3. The number of aromatic nitrogens is 3. The summed E-state index contributed by atoms with van der Waals surface area (Å²) < 4.78 is 15.1. The summed E-state index contributed by atoms with van der Waals surface area (Å²) in [5, 5.41) is 7.29. The molecule has 0 aliphatic rings. The van der Waals surface area contributed by atoms with Crippen LogP contribution in [0.2, 0.25) is 5.02 Å². The van der Waals surface area contributed by atoms with E-state index in [4.69, 9.17) is 11.6 Å². The van der Waals surface area contributed by atoms with Gasteiger partial charge in [0.05, 0.1) is 10.7 Å². The predicted octanol–water partition coefficient (Wildman–Crippen LogP) is 5.31. The molecule has 1 heterocycles. The number of aromatic amines is 1. The molecule has 0 saturated heterocycles. The van der Waals surface area contributed by atoms with Crippen LogP contribution < -0.4 is 11.0 Å². The summed E-state index contributed by atoms with van der Waals surface area (Å²) in [6, 6.07) is 10.3. The van der Waals surface area contributed by atoms with Gasteiger partial charge < -0.3 is 10.1 Å². The largest absolute Gasteiger partial charge is 0.348 e. The molecule has 0 aliphatic carbocycles. The van der Waals surface area contributed by atoms with Crippen LogP contribution in [0.5, 0.6) is 0 Å². The van der Waals surface area contributed by atoms with Crippen molar-refractivity contribution in [3.05, 3.63) is 68.8 Å². The Morgan fingerprint density at radius 1 is 1.19 bits per heavy atom. The third kappa shape index (κ3) is 7.73. The molecule has 174 valence electrons. The van der Waals surface area contributed by atoms with E-state index in [2.05, 4.69) is 15.4 Å². The van der Waals surface area contributed by atoms with Crippen molar-refractivity contribution >= 4 is 17.9 Å². The highest BCUT2D eigenvalue weighted by Gasteiger charge is 2.15. The fourth-order valence-electron chi connectivity index (χ4n) is 2.40. The van der Waals surface area contributed by atoms with Gasteiger partial charge in [-0.05, 0) is 26.1 Å². The zero-order valence-corrected chi connectivity index (χ0v) is 20.5. The van der Waals surface area contributed by atoms with Crippen molar-refractivity contribution in [2.45, 2.75) is 48.1 Å². The van der Waals surface area contributed by atoms with Gasteiger partial charge in [-0.15, -0.1) is 5.10 Å². The topological polar surface area (TPSA) is 79.8 Å². The average molecular weight is 463 g/mol. The van der Waals surface area contributed by atoms with Crippen molar-refractivity contribution in [2.24, 2.45) is 5.41 Å². The maximum Gasteiger partial charge on any atom is 0.348 e. The van der Waals surface area contributed by atoms with Crippen LogP contribution in [0.15, 0.2) is 41.2 Å². The van der Waals surface area contributed by atoms with Gasteiger partial charge in [0.1, 0.15) is 12.1 Å². The molecule has 3 rings (SSSR count). The highest BCUT2D eigenvalue weighted by Crippen LogP contribution is 2.24. The van der Waals surface area contributed by atoms with Crippen molar-refractivity contribution in [3.63, 3.8) is 0 Å². The second-order valence-electron chi connectivity index (χ2n) is 7.97. The Morgan fingerprint density at radius 2 is 1.75 bits per heavy atom. The van der Waals surface area contributed by atoms with Crippen LogP contribution in [0.1, 0.15) is 45.7 Å². The van der Waals surface area contributed by atoms with Crippen LogP contribution in [0.4, 0.5) is 4.39 Å². The monoisotopic (exact) mass is 462 g/mol. The van der Waals surface area contributed by atoms with Crippen molar-refractivity contribution in [1.82, 2.24) is 20.1 Å². The zero-order valence-electron chi connectivity index (χ0n) is 19.7. The summed E-state index contributed by atoms with van der Waals surface area (Å²) in [6.07, 6.45) is 0.938. The lowest BCUT2D eigenvalue weighted by Crippen LogP contribution is -2.17. The Kier molecular flexibility index (Phi) is 10.5. The minimum atomic E-state index is -0.436. The van der Waals surface area contributed by atoms with Crippen LogP contribution in [0, 0.1) is 18.2 Å². The molecule has 0 bridgehead atoms. The molecular formula is C24H32ClFN4O2. The number of hydrogen-bond donors (Lipinski definition) is 2. The highest BCUT2D eigenvalue weighted by molar-refractivity contribution is 6.32. The molecule has 0 amide bonds. The number of benzene rings is 2. The standard InChI is InChI=1S/C17H16ClFN4O.C5H10O.C2H6/c1-10-3-5-11(6-4-10)16-21-17(24)23(22-16)15-7-12(9-20-2)14(19)8-13(15)18;1-5(2,3)4-6;1-2/h3-8,20H,9H2,1-2H3,(H,21,22,24);4H,1-3H3;1-2H3. The molecule has 8 heteroatoms. The number of nitrogens with zero attached hydrogens (tertiary/aromatic N) is 2. The van der Waals surface area contributed by atoms with E-state index >= 15 is 0 Å². The van der Waals surface area contributed by atoms with Crippen LogP contribution in [-0.4, -0.2) is 28.1 Å². The smallest absolute Gasteiger partial charge is 0.316 e. The number of halogens is 2. The highest BCUT2D eigenvalue weighted by atomic mass is 35.5. The first-order chi connectivity index (χ1) is 15.1. The van der Waals surface area contributed by atoms with Crippen LogP contribution in [0.25, 0.3) is 17.1 Å². The molecular weight excluding hydrogens is 431 g/mol. The van der Waals surface area contributed by atoms with E-state index in [-0.39, 0.29) is 10.4 Å². The number of hydrogen-bond acceptors (Lipinski definition) is 4. The molecule has 0 unspecified atom stereocenters. The van der Waals surface area contributed by atoms with E-state index in [9.17, 15) is 14.0 Å². The fraction of sp³-hybridized carbons (Fsp3) is 0.375. The Bertz CT molecular complexity index is 1070. The van der Waals surface area contributed by atoms with Gasteiger partial charge in [-0.1, -0.05) is 76.0 Å². The summed E-state index contributed by atoms with van der Waals surface area (Å²) in [5.41, 5.74) is 2.06. The number of carbonyl (C=O) groups is 1. The number of nitrogens with one attached hydrogen (secondary N) is 2. The van der Waals surface area contributed by atoms with E-state index in [0.29, 0.717) is 23.6 Å². The molecule has 1 aromatic heterocycles. The zero-order chi connectivity index (χ0) is 24.5. The van der Waals surface area contributed by atoms with E-state index in [1.54, 1.807) is 7.05 Å². The lowest BCUT2D eigenvalue weighted by molar-refractivity contribution is -0.113. The molecule has 0 saturated carbocycles. The Morgan fingerprint density at radius 3 is 2.25 bits per heavy atom. The summed E-state index contributed by atoms with van der Waals surface area (Å²) in [7, 11) is 1.71. The van der Waals surface area contributed by atoms with Crippen molar-refractivity contribution in [3.8, 4) is 17.1 Å². The average Bonchev–Trinajstić information content (AvgIpc) is 3.13. The maximum absolute atomic E-state index is 13.9. The third-order valence-corrected chi connectivity index (χ3v) is 4.31. The quantitative estimate of drug-likeness (QED) is 0.515.